The number of anilines is 2. The first-order valence-electron chi connectivity index (χ1n) is 6.42. The molecule has 6 nitrogen and oxygen atoms in total. The van der Waals surface area contributed by atoms with Crippen molar-refractivity contribution in [1.82, 2.24) is 4.98 Å². The van der Waals surface area contributed by atoms with Crippen LogP contribution in [0.25, 0.3) is 0 Å². The van der Waals surface area contributed by atoms with Gasteiger partial charge >= 0.3 is 0 Å². The SMILES string of the molecule is Cc1cc(NCCO)nc(NCCSCCO)c1C#N. The van der Waals surface area contributed by atoms with Gasteiger partial charge in [0.05, 0.1) is 18.8 Å². The fourth-order valence-corrected chi connectivity index (χ4v) is 2.20. The fraction of sp³-hybridized carbons (Fsp3) is 0.538. The molecule has 0 saturated carbocycles. The van der Waals surface area contributed by atoms with E-state index in [1.807, 2.05) is 6.92 Å². The highest BCUT2D eigenvalue weighted by molar-refractivity contribution is 7.99. The topological polar surface area (TPSA) is 101 Å². The van der Waals surface area contributed by atoms with Crippen molar-refractivity contribution in [2.45, 2.75) is 6.92 Å². The van der Waals surface area contributed by atoms with Crippen molar-refractivity contribution in [2.75, 3.05) is 48.4 Å². The van der Waals surface area contributed by atoms with E-state index in [-0.39, 0.29) is 13.2 Å². The predicted molar refractivity (Wildman–Crippen MR) is 82.2 cm³/mol. The van der Waals surface area contributed by atoms with Crippen LogP contribution in [0.5, 0.6) is 0 Å². The summed E-state index contributed by atoms with van der Waals surface area (Å²) in [6, 6.07) is 3.94. The van der Waals surface area contributed by atoms with Gasteiger partial charge in [-0.05, 0) is 18.6 Å². The molecule has 0 radical (unpaired) electrons. The number of hydrogen-bond acceptors (Lipinski definition) is 7. The minimum absolute atomic E-state index is 0.0291. The molecule has 0 fully saturated rings. The zero-order chi connectivity index (χ0) is 14.8. The number of aliphatic hydroxyl groups is 2. The Morgan fingerprint density at radius 1 is 1.25 bits per heavy atom. The van der Waals surface area contributed by atoms with Crippen LogP contribution in [0.1, 0.15) is 11.1 Å². The number of rotatable bonds is 9. The van der Waals surface area contributed by atoms with E-state index in [1.54, 1.807) is 17.8 Å². The van der Waals surface area contributed by atoms with Gasteiger partial charge in [0.15, 0.2) is 0 Å². The lowest BCUT2D eigenvalue weighted by atomic mass is 10.1. The first-order chi connectivity index (χ1) is 9.72. The first kappa shape index (κ1) is 16.6. The largest absolute Gasteiger partial charge is 0.396 e. The Morgan fingerprint density at radius 2 is 2.05 bits per heavy atom. The lowest BCUT2D eigenvalue weighted by Gasteiger charge is -2.12. The van der Waals surface area contributed by atoms with Crippen molar-refractivity contribution in [3.8, 4) is 6.07 Å². The third-order valence-corrected chi connectivity index (χ3v) is 3.48. The van der Waals surface area contributed by atoms with Crippen LogP contribution in [0.4, 0.5) is 11.6 Å². The molecule has 0 aromatic carbocycles. The summed E-state index contributed by atoms with van der Waals surface area (Å²) >= 11 is 1.64. The van der Waals surface area contributed by atoms with Crippen LogP contribution in [-0.4, -0.2) is 53.0 Å². The molecule has 1 rings (SSSR count). The van der Waals surface area contributed by atoms with Gasteiger partial charge in [-0.3, -0.25) is 0 Å². The van der Waals surface area contributed by atoms with Crippen LogP contribution >= 0.6 is 11.8 Å². The Morgan fingerprint density at radius 3 is 2.70 bits per heavy atom. The van der Waals surface area contributed by atoms with Gasteiger partial charge in [0, 0.05) is 24.6 Å². The summed E-state index contributed by atoms with van der Waals surface area (Å²) in [5, 5.41) is 32.8. The molecular formula is C13H20N4O2S. The molecule has 7 heteroatoms. The third kappa shape index (κ3) is 5.25. The van der Waals surface area contributed by atoms with Crippen LogP contribution in [-0.2, 0) is 0 Å². The summed E-state index contributed by atoms with van der Waals surface area (Å²) < 4.78 is 0. The van der Waals surface area contributed by atoms with E-state index < -0.39 is 0 Å². The number of hydrogen-bond donors (Lipinski definition) is 4. The Labute approximate surface area is 123 Å². The fourth-order valence-electron chi connectivity index (χ4n) is 1.62. The van der Waals surface area contributed by atoms with Gasteiger partial charge in [-0.15, -0.1) is 0 Å². The number of nitrogens with one attached hydrogen (secondary N) is 2. The highest BCUT2D eigenvalue weighted by atomic mass is 32.2. The van der Waals surface area contributed by atoms with E-state index in [0.29, 0.717) is 36.0 Å². The van der Waals surface area contributed by atoms with Crippen LogP contribution < -0.4 is 10.6 Å². The number of aromatic nitrogens is 1. The summed E-state index contributed by atoms with van der Waals surface area (Å²) in [5.74, 6) is 2.73. The van der Waals surface area contributed by atoms with Gasteiger partial charge in [-0.25, -0.2) is 4.98 Å². The monoisotopic (exact) mass is 296 g/mol. The summed E-state index contributed by atoms with van der Waals surface area (Å²) in [6.45, 7) is 3.16. The van der Waals surface area contributed by atoms with Crippen molar-refractivity contribution in [3.63, 3.8) is 0 Å². The van der Waals surface area contributed by atoms with E-state index in [2.05, 4.69) is 21.7 Å². The summed E-state index contributed by atoms with van der Waals surface area (Å²) in [4.78, 5) is 4.35. The minimum Gasteiger partial charge on any atom is -0.396 e. The van der Waals surface area contributed by atoms with Crippen molar-refractivity contribution in [1.29, 1.82) is 5.26 Å². The molecule has 0 unspecified atom stereocenters. The predicted octanol–water partition coefficient (Wildman–Crippen LogP) is 0.803. The van der Waals surface area contributed by atoms with Crippen LogP contribution in [0, 0.1) is 18.3 Å². The lowest BCUT2D eigenvalue weighted by molar-refractivity contribution is 0.311. The third-order valence-electron chi connectivity index (χ3n) is 2.52. The quantitative estimate of drug-likeness (QED) is 0.500. The number of aryl methyl sites for hydroxylation is 1. The van der Waals surface area contributed by atoms with Crippen molar-refractivity contribution < 1.29 is 10.2 Å². The molecular weight excluding hydrogens is 276 g/mol. The van der Waals surface area contributed by atoms with E-state index in [0.717, 1.165) is 11.3 Å². The van der Waals surface area contributed by atoms with Crippen molar-refractivity contribution in [2.24, 2.45) is 0 Å². The minimum atomic E-state index is 0.0291. The molecule has 0 atom stereocenters. The van der Waals surface area contributed by atoms with Crippen molar-refractivity contribution in [3.05, 3.63) is 17.2 Å². The Kier molecular flexibility index (Phi) is 7.80. The normalized spacial score (nSPS) is 10.1. The van der Waals surface area contributed by atoms with Gasteiger partial charge in [0.2, 0.25) is 0 Å². The van der Waals surface area contributed by atoms with E-state index in [9.17, 15) is 5.26 Å². The molecule has 0 aliphatic carbocycles. The number of aliphatic hydroxyl groups excluding tert-OH is 2. The van der Waals surface area contributed by atoms with Crippen LogP contribution in [0.3, 0.4) is 0 Å². The number of nitriles is 1. The molecule has 0 aliphatic heterocycles. The zero-order valence-electron chi connectivity index (χ0n) is 11.5. The second kappa shape index (κ2) is 9.42. The zero-order valence-corrected chi connectivity index (χ0v) is 12.3. The molecule has 0 amide bonds. The molecule has 1 aromatic heterocycles. The highest BCUT2D eigenvalue weighted by Crippen LogP contribution is 2.20. The Balaban J connectivity index is 2.70. The Hall–Kier alpha value is -1.49. The summed E-state index contributed by atoms with van der Waals surface area (Å²) in [7, 11) is 0. The molecule has 1 aromatic rings. The number of nitrogens with zero attached hydrogens (tertiary/aromatic N) is 2. The Bertz CT molecular complexity index is 462. The first-order valence-corrected chi connectivity index (χ1v) is 7.57. The van der Waals surface area contributed by atoms with Gasteiger partial charge in [-0.1, -0.05) is 0 Å². The second-order valence-electron chi connectivity index (χ2n) is 4.07. The molecule has 0 spiro atoms. The molecule has 110 valence electrons. The smallest absolute Gasteiger partial charge is 0.146 e. The molecule has 20 heavy (non-hydrogen) atoms. The van der Waals surface area contributed by atoms with Gasteiger partial charge < -0.3 is 20.8 Å². The van der Waals surface area contributed by atoms with Crippen LogP contribution in [0.2, 0.25) is 0 Å². The number of thioether (sulfide) groups is 1. The van der Waals surface area contributed by atoms with Gasteiger partial charge in [0.25, 0.3) is 0 Å². The lowest BCUT2D eigenvalue weighted by Crippen LogP contribution is -2.12. The average molecular weight is 296 g/mol. The summed E-state index contributed by atoms with van der Waals surface area (Å²) in [6.07, 6.45) is 0. The van der Waals surface area contributed by atoms with E-state index in [1.165, 1.54) is 0 Å². The average Bonchev–Trinajstić information content (AvgIpc) is 2.44. The maximum Gasteiger partial charge on any atom is 0.146 e. The molecule has 4 N–H and O–H groups in total. The second-order valence-corrected chi connectivity index (χ2v) is 5.30. The molecule has 0 bridgehead atoms. The molecule has 1 heterocycles. The molecule has 0 aliphatic rings. The highest BCUT2D eigenvalue weighted by Gasteiger charge is 2.09. The van der Waals surface area contributed by atoms with E-state index in [4.69, 9.17) is 10.2 Å². The standard InChI is InChI=1S/C13H20N4O2S/c1-10-8-12(15-2-4-18)17-13(11(10)9-14)16-3-6-20-7-5-19/h8,18-19H,2-7H2,1H3,(H2,15,16,17). The van der Waals surface area contributed by atoms with Gasteiger partial charge in [-0.2, -0.15) is 17.0 Å². The van der Waals surface area contributed by atoms with Gasteiger partial charge in [0.1, 0.15) is 17.7 Å². The summed E-state index contributed by atoms with van der Waals surface area (Å²) in [5.41, 5.74) is 1.38. The molecule has 0 saturated heterocycles. The van der Waals surface area contributed by atoms with E-state index >= 15 is 0 Å². The van der Waals surface area contributed by atoms with Crippen LogP contribution in [0.15, 0.2) is 6.07 Å². The number of pyridine rings is 1. The maximum atomic E-state index is 9.18. The maximum absolute atomic E-state index is 9.18. The van der Waals surface area contributed by atoms with Crippen molar-refractivity contribution >= 4 is 23.4 Å².